The number of hydrogen-bond donors (Lipinski definition) is 2. The van der Waals surface area contributed by atoms with Crippen molar-refractivity contribution in [2.75, 3.05) is 5.75 Å². The summed E-state index contributed by atoms with van der Waals surface area (Å²) in [6.07, 6.45) is 5.67. The van der Waals surface area contributed by atoms with Gasteiger partial charge in [-0.15, -0.1) is 0 Å². The van der Waals surface area contributed by atoms with E-state index in [1.807, 2.05) is 0 Å². The van der Waals surface area contributed by atoms with Gasteiger partial charge in [0.15, 0.2) is 0 Å². The fourth-order valence-electron chi connectivity index (χ4n) is 2.05. The van der Waals surface area contributed by atoms with E-state index in [4.69, 9.17) is 10.5 Å². The third-order valence-electron chi connectivity index (χ3n) is 3.09. The maximum Gasteiger partial charge on any atom is 0.324 e. The molecule has 0 saturated heterocycles. The van der Waals surface area contributed by atoms with Gasteiger partial charge in [0, 0.05) is 5.75 Å². The number of carbonyl (C=O) groups is 1. The number of ether oxygens (including phenoxy) is 1. The summed E-state index contributed by atoms with van der Waals surface area (Å²) in [5, 5.41) is 0. The van der Waals surface area contributed by atoms with Crippen LogP contribution in [0.5, 0.6) is 0 Å². The van der Waals surface area contributed by atoms with Gasteiger partial charge in [-0.3, -0.25) is 4.79 Å². The van der Waals surface area contributed by atoms with Gasteiger partial charge in [-0.1, -0.05) is 19.8 Å². The molecular weight excluding hydrogens is 210 g/mol. The van der Waals surface area contributed by atoms with Gasteiger partial charge in [-0.2, -0.15) is 12.6 Å². The van der Waals surface area contributed by atoms with Crippen molar-refractivity contribution >= 4 is 18.6 Å². The summed E-state index contributed by atoms with van der Waals surface area (Å²) in [5.41, 5.74) is 5.55. The summed E-state index contributed by atoms with van der Waals surface area (Å²) in [5.74, 6) is 0.762. The first-order chi connectivity index (χ1) is 7.17. The van der Waals surface area contributed by atoms with Crippen molar-refractivity contribution in [2.45, 2.75) is 51.2 Å². The summed E-state index contributed by atoms with van der Waals surface area (Å²) in [6.45, 7) is 2.19. The Balaban J connectivity index is 2.34. The Hall–Kier alpha value is -0.220. The molecule has 1 rings (SSSR count). The molecule has 3 nitrogen and oxygen atoms in total. The zero-order chi connectivity index (χ0) is 11.3. The third kappa shape index (κ3) is 4.03. The van der Waals surface area contributed by atoms with E-state index in [0.717, 1.165) is 19.3 Å². The molecule has 0 radical (unpaired) electrons. The number of thiol groups is 1. The lowest BCUT2D eigenvalue weighted by Gasteiger charge is -2.28. The van der Waals surface area contributed by atoms with Gasteiger partial charge in [0.25, 0.3) is 0 Å². The maximum atomic E-state index is 11.4. The number of nitrogens with two attached hydrogens (primary N) is 1. The monoisotopic (exact) mass is 231 g/mol. The molecular formula is C11H21NO2S. The van der Waals surface area contributed by atoms with Crippen LogP contribution in [0.4, 0.5) is 0 Å². The molecule has 1 aliphatic rings. The van der Waals surface area contributed by atoms with E-state index in [1.54, 1.807) is 0 Å². The van der Waals surface area contributed by atoms with Gasteiger partial charge >= 0.3 is 5.97 Å². The van der Waals surface area contributed by atoms with Crippen molar-refractivity contribution in [2.24, 2.45) is 11.7 Å². The van der Waals surface area contributed by atoms with Gasteiger partial charge in [0.2, 0.25) is 0 Å². The molecule has 0 aromatic rings. The van der Waals surface area contributed by atoms with E-state index in [-0.39, 0.29) is 12.1 Å². The molecule has 0 aromatic heterocycles. The fourth-order valence-corrected chi connectivity index (χ4v) is 2.19. The average molecular weight is 231 g/mol. The number of carbonyl (C=O) groups excluding carboxylic acids is 1. The van der Waals surface area contributed by atoms with Gasteiger partial charge in [-0.05, 0) is 25.2 Å². The van der Waals surface area contributed by atoms with E-state index in [0.29, 0.717) is 11.7 Å². The molecule has 0 spiro atoms. The van der Waals surface area contributed by atoms with Gasteiger partial charge in [0.05, 0.1) is 0 Å². The van der Waals surface area contributed by atoms with Crippen molar-refractivity contribution in [1.29, 1.82) is 0 Å². The highest BCUT2D eigenvalue weighted by Crippen LogP contribution is 2.28. The highest BCUT2D eigenvalue weighted by molar-refractivity contribution is 7.80. The predicted octanol–water partition coefficient (Wildman–Crippen LogP) is 1.76. The molecule has 1 aliphatic carbocycles. The molecule has 15 heavy (non-hydrogen) atoms. The Kier molecular flexibility index (Phi) is 5.47. The molecule has 2 unspecified atom stereocenters. The normalized spacial score (nSPS) is 28.5. The molecule has 3 atom stereocenters. The summed E-state index contributed by atoms with van der Waals surface area (Å²) in [6, 6.07) is -0.574. The van der Waals surface area contributed by atoms with Crippen LogP contribution in [0.25, 0.3) is 0 Å². The van der Waals surface area contributed by atoms with Crippen LogP contribution in [0, 0.1) is 5.92 Å². The van der Waals surface area contributed by atoms with E-state index in [9.17, 15) is 4.79 Å². The van der Waals surface area contributed by atoms with Crippen LogP contribution in [0.3, 0.4) is 0 Å². The van der Waals surface area contributed by atoms with Crippen LogP contribution in [0.1, 0.15) is 39.0 Å². The highest BCUT2D eigenvalue weighted by Gasteiger charge is 2.25. The Labute approximate surface area is 97.2 Å². The molecule has 88 valence electrons. The molecule has 0 aromatic carbocycles. The minimum atomic E-state index is -0.574. The first-order valence-corrected chi connectivity index (χ1v) is 6.37. The Morgan fingerprint density at radius 3 is 2.93 bits per heavy atom. The topological polar surface area (TPSA) is 52.3 Å². The van der Waals surface area contributed by atoms with Gasteiger partial charge < -0.3 is 10.5 Å². The van der Waals surface area contributed by atoms with E-state index < -0.39 is 6.04 Å². The third-order valence-corrected chi connectivity index (χ3v) is 3.49. The summed E-state index contributed by atoms with van der Waals surface area (Å²) >= 11 is 3.98. The lowest BCUT2D eigenvalue weighted by Crippen LogP contribution is -2.37. The zero-order valence-electron chi connectivity index (χ0n) is 9.32. The van der Waals surface area contributed by atoms with E-state index >= 15 is 0 Å². The first-order valence-electron chi connectivity index (χ1n) is 5.74. The van der Waals surface area contributed by atoms with Crippen LogP contribution < -0.4 is 5.73 Å². The van der Waals surface area contributed by atoms with E-state index in [1.165, 1.54) is 12.8 Å². The van der Waals surface area contributed by atoms with Crippen molar-refractivity contribution in [1.82, 2.24) is 0 Å². The summed E-state index contributed by atoms with van der Waals surface area (Å²) < 4.78 is 5.36. The lowest BCUT2D eigenvalue weighted by molar-refractivity contribution is -0.152. The van der Waals surface area contributed by atoms with Gasteiger partial charge in [0.1, 0.15) is 12.1 Å². The Morgan fingerprint density at radius 1 is 1.60 bits per heavy atom. The quantitative estimate of drug-likeness (QED) is 0.572. The fraction of sp³-hybridized carbons (Fsp3) is 0.909. The maximum absolute atomic E-state index is 11.4. The number of hydrogen-bond acceptors (Lipinski definition) is 4. The molecule has 1 fully saturated rings. The van der Waals surface area contributed by atoms with Crippen LogP contribution in [-0.2, 0) is 9.53 Å². The largest absolute Gasteiger partial charge is 0.461 e. The van der Waals surface area contributed by atoms with Crippen molar-refractivity contribution in [3.05, 3.63) is 0 Å². The van der Waals surface area contributed by atoms with Crippen molar-refractivity contribution in [3.8, 4) is 0 Å². The second-order valence-corrected chi connectivity index (χ2v) is 4.65. The molecule has 0 bridgehead atoms. The molecule has 4 heteroatoms. The second kappa shape index (κ2) is 6.38. The van der Waals surface area contributed by atoms with Crippen molar-refractivity contribution < 1.29 is 9.53 Å². The van der Waals surface area contributed by atoms with Crippen molar-refractivity contribution in [3.63, 3.8) is 0 Å². The highest BCUT2D eigenvalue weighted by atomic mass is 32.1. The predicted molar refractivity (Wildman–Crippen MR) is 64.0 cm³/mol. The molecule has 2 N–H and O–H groups in total. The Morgan fingerprint density at radius 2 is 2.33 bits per heavy atom. The molecule has 0 amide bonds. The SMILES string of the molecule is CCC1CCCC(OC(=O)[C@H](N)CS)C1. The van der Waals surface area contributed by atoms with Crippen LogP contribution in [0.15, 0.2) is 0 Å². The molecule has 0 aliphatic heterocycles. The smallest absolute Gasteiger partial charge is 0.324 e. The molecule has 0 heterocycles. The van der Waals surface area contributed by atoms with Gasteiger partial charge in [-0.25, -0.2) is 0 Å². The summed E-state index contributed by atoms with van der Waals surface area (Å²) in [4.78, 5) is 11.4. The second-order valence-electron chi connectivity index (χ2n) is 4.29. The minimum absolute atomic E-state index is 0.0853. The number of rotatable bonds is 4. The first kappa shape index (κ1) is 12.8. The Bertz CT molecular complexity index is 211. The zero-order valence-corrected chi connectivity index (χ0v) is 10.2. The summed E-state index contributed by atoms with van der Waals surface area (Å²) in [7, 11) is 0. The lowest BCUT2D eigenvalue weighted by atomic mass is 9.85. The average Bonchev–Trinajstić information content (AvgIpc) is 2.28. The molecule has 1 saturated carbocycles. The number of esters is 1. The van der Waals surface area contributed by atoms with Crippen LogP contribution in [-0.4, -0.2) is 23.9 Å². The van der Waals surface area contributed by atoms with Crippen LogP contribution >= 0.6 is 12.6 Å². The van der Waals surface area contributed by atoms with E-state index in [2.05, 4.69) is 19.6 Å². The minimum Gasteiger partial charge on any atom is -0.461 e. The van der Waals surface area contributed by atoms with Crippen LogP contribution in [0.2, 0.25) is 0 Å². The standard InChI is InChI=1S/C11H21NO2S/c1-2-8-4-3-5-9(6-8)14-11(13)10(12)7-15/h8-10,15H,2-7,12H2,1H3/t8?,9?,10-/m1/s1.